The summed E-state index contributed by atoms with van der Waals surface area (Å²) in [4.78, 5) is 14.0. The van der Waals surface area contributed by atoms with Crippen LogP contribution in [0.25, 0.3) is 0 Å². The second-order valence-corrected chi connectivity index (χ2v) is 7.67. The number of rotatable bonds is 3. The fraction of sp³-hybridized carbons (Fsp3) is 0.588. The Morgan fingerprint density at radius 1 is 1.39 bits per heavy atom. The number of hydrogen-bond acceptors (Lipinski definition) is 3. The van der Waals surface area contributed by atoms with E-state index in [9.17, 15) is 4.79 Å². The molecule has 2 rings (SSSR count). The molecule has 1 aromatic rings. The standard InChI is InChI=1S/C17H24Cl2N2O2/c1-17(2,3)23-16(22)21-9-8-11(10-21)15(20-4)12-6-5-7-13(18)14(12)19/h5-7,11,15,20H,8-10H2,1-4H3. The maximum absolute atomic E-state index is 12.2. The number of benzene rings is 1. The van der Waals surface area contributed by atoms with Gasteiger partial charge in [0.25, 0.3) is 0 Å². The van der Waals surface area contributed by atoms with Gasteiger partial charge in [-0.3, -0.25) is 0 Å². The molecule has 0 aliphatic carbocycles. The van der Waals surface area contributed by atoms with Gasteiger partial charge in [0.1, 0.15) is 5.60 Å². The first kappa shape index (κ1) is 18.4. The van der Waals surface area contributed by atoms with Gasteiger partial charge in [-0.1, -0.05) is 35.3 Å². The van der Waals surface area contributed by atoms with E-state index in [2.05, 4.69) is 5.32 Å². The van der Waals surface area contributed by atoms with Crippen LogP contribution in [-0.2, 0) is 4.74 Å². The number of nitrogens with one attached hydrogen (secondary N) is 1. The molecule has 0 aromatic heterocycles. The van der Waals surface area contributed by atoms with E-state index < -0.39 is 5.60 Å². The van der Waals surface area contributed by atoms with E-state index in [1.54, 1.807) is 11.0 Å². The van der Waals surface area contributed by atoms with Gasteiger partial charge in [0.15, 0.2) is 0 Å². The Morgan fingerprint density at radius 2 is 2.09 bits per heavy atom. The summed E-state index contributed by atoms with van der Waals surface area (Å²) in [5.74, 6) is 0.267. The minimum atomic E-state index is -0.478. The molecule has 1 N–H and O–H groups in total. The predicted octanol–water partition coefficient (Wildman–Crippen LogP) is 4.51. The summed E-state index contributed by atoms with van der Waals surface area (Å²) in [6.07, 6.45) is 0.639. The maximum atomic E-state index is 12.2. The van der Waals surface area contributed by atoms with Crippen molar-refractivity contribution in [1.82, 2.24) is 10.2 Å². The summed E-state index contributed by atoms with van der Waals surface area (Å²) in [5.41, 5.74) is 0.492. The van der Waals surface area contributed by atoms with Gasteiger partial charge in [-0.2, -0.15) is 0 Å². The van der Waals surface area contributed by atoms with E-state index in [1.165, 1.54) is 0 Å². The van der Waals surface area contributed by atoms with Gasteiger partial charge in [-0.05, 0) is 51.8 Å². The topological polar surface area (TPSA) is 41.6 Å². The van der Waals surface area contributed by atoms with Crippen molar-refractivity contribution in [2.75, 3.05) is 20.1 Å². The van der Waals surface area contributed by atoms with Crippen LogP contribution in [0.4, 0.5) is 4.79 Å². The molecule has 1 saturated heterocycles. The molecule has 1 aliphatic heterocycles. The van der Waals surface area contributed by atoms with Crippen LogP contribution in [0.5, 0.6) is 0 Å². The molecule has 6 heteroatoms. The van der Waals surface area contributed by atoms with Gasteiger partial charge in [-0.15, -0.1) is 0 Å². The smallest absolute Gasteiger partial charge is 0.410 e. The SMILES string of the molecule is CNC(c1cccc(Cl)c1Cl)C1CCN(C(=O)OC(C)(C)C)C1. The van der Waals surface area contributed by atoms with E-state index in [-0.39, 0.29) is 18.1 Å². The van der Waals surface area contributed by atoms with Crippen molar-refractivity contribution in [2.24, 2.45) is 5.92 Å². The van der Waals surface area contributed by atoms with Crippen LogP contribution in [-0.4, -0.2) is 36.7 Å². The zero-order valence-corrected chi connectivity index (χ0v) is 15.5. The summed E-state index contributed by atoms with van der Waals surface area (Å²) in [6, 6.07) is 5.70. The van der Waals surface area contributed by atoms with Gasteiger partial charge in [0, 0.05) is 19.1 Å². The Hall–Kier alpha value is -0.970. The van der Waals surface area contributed by atoms with Crippen molar-refractivity contribution in [3.63, 3.8) is 0 Å². The summed E-state index contributed by atoms with van der Waals surface area (Å²) in [7, 11) is 1.90. The number of carbonyl (C=O) groups is 1. The van der Waals surface area contributed by atoms with Crippen LogP contribution in [0.3, 0.4) is 0 Å². The van der Waals surface area contributed by atoms with Crippen LogP contribution >= 0.6 is 23.2 Å². The van der Waals surface area contributed by atoms with E-state index >= 15 is 0 Å². The average molecular weight is 359 g/mol. The lowest BCUT2D eigenvalue weighted by Gasteiger charge is -2.27. The van der Waals surface area contributed by atoms with Crippen molar-refractivity contribution in [3.05, 3.63) is 33.8 Å². The zero-order chi connectivity index (χ0) is 17.2. The number of carbonyl (C=O) groups excluding carboxylic acids is 1. The quantitative estimate of drug-likeness (QED) is 0.863. The number of ether oxygens (including phenoxy) is 1. The third-order valence-corrected chi connectivity index (χ3v) is 4.81. The Bertz CT molecular complexity index is 572. The molecule has 1 amide bonds. The maximum Gasteiger partial charge on any atom is 0.410 e. The first-order valence-electron chi connectivity index (χ1n) is 7.82. The number of halogens is 2. The molecular weight excluding hydrogens is 335 g/mol. The number of hydrogen-bond donors (Lipinski definition) is 1. The highest BCUT2D eigenvalue weighted by molar-refractivity contribution is 6.42. The van der Waals surface area contributed by atoms with Gasteiger partial charge in [-0.25, -0.2) is 4.79 Å². The summed E-state index contributed by atoms with van der Waals surface area (Å²) in [6.45, 7) is 6.96. The van der Waals surface area contributed by atoms with Crippen molar-refractivity contribution >= 4 is 29.3 Å². The highest BCUT2D eigenvalue weighted by Gasteiger charge is 2.34. The van der Waals surface area contributed by atoms with Crippen molar-refractivity contribution in [3.8, 4) is 0 Å². The predicted molar refractivity (Wildman–Crippen MR) is 94.2 cm³/mol. The van der Waals surface area contributed by atoms with Crippen LogP contribution < -0.4 is 5.32 Å². The second kappa shape index (κ2) is 7.29. The third kappa shape index (κ3) is 4.52. The fourth-order valence-electron chi connectivity index (χ4n) is 2.96. The molecule has 0 spiro atoms. The molecule has 2 unspecified atom stereocenters. The molecule has 0 radical (unpaired) electrons. The Balaban J connectivity index is 2.10. The molecule has 1 aromatic carbocycles. The summed E-state index contributed by atoms with van der Waals surface area (Å²) >= 11 is 12.5. The minimum absolute atomic E-state index is 0.0497. The molecule has 2 atom stereocenters. The van der Waals surface area contributed by atoms with Crippen LogP contribution in [0.2, 0.25) is 10.0 Å². The largest absolute Gasteiger partial charge is 0.444 e. The Morgan fingerprint density at radius 3 is 2.70 bits per heavy atom. The molecule has 23 heavy (non-hydrogen) atoms. The molecule has 1 aliphatic rings. The van der Waals surface area contributed by atoms with Gasteiger partial charge in [0.05, 0.1) is 10.0 Å². The molecule has 0 saturated carbocycles. The third-order valence-electron chi connectivity index (χ3n) is 3.98. The number of nitrogens with zero attached hydrogens (tertiary/aromatic N) is 1. The minimum Gasteiger partial charge on any atom is -0.444 e. The fourth-order valence-corrected chi connectivity index (χ4v) is 3.38. The van der Waals surface area contributed by atoms with Crippen LogP contribution in [0.15, 0.2) is 18.2 Å². The van der Waals surface area contributed by atoms with Crippen molar-refractivity contribution in [1.29, 1.82) is 0 Å². The Labute approximate surface area is 148 Å². The monoisotopic (exact) mass is 358 g/mol. The van der Waals surface area contributed by atoms with E-state index in [0.717, 1.165) is 12.0 Å². The highest BCUT2D eigenvalue weighted by atomic mass is 35.5. The first-order chi connectivity index (χ1) is 10.7. The van der Waals surface area contributed by atoms with E-state index in [1.807, 2.05) is 40.0 Å². The van der Waals surface area contributed by atoms with Crippen LogP contribution in [0, 0.1) is 5.92 Å². The summed E-state index contributed by atoms with van der Waals surface area (Å²) in [5, 5.41) is 4.44. The molecule has 128 valence electrons. The van der Waals surface area contributed by atoms with Crippen molar-refractivity contribution in [2.45, 2.75) is 38.8 Å². The van der Waals surface area contributed by atoms with Crippen LogP contribution in [0.1, 0.15) is 38.8 Å². The van der Waals surface area contributed by atoms with Crippen molar-refractivity contribution < 1.29 is 9.53 Å². The van der Waals surface area contributed by atoms with E-state index in [4.69, 9.17) is 27.9 Å². The van der Waals surface area contributed by atoms with Gasteiger partial charge >= 0.3 is 6.09 Å². The molecule has 0 bridgehead atoms. The average Bonchev–Trinajstić information content (AvgIpc) is 2.92. The second-order valence-electron chi connectivity index (χ2n) is 6.88. The van der Waals surface area contributed by atoms with Gasteiger partial charge in [0.2, 0.25) is 0 Å². The zero-order valence-electron chi connectivity index (χ0n) is 14.0. The lowest BCUT2D eigenvalue weighted by molar-refractivity contribution is 0.0285. The van der Waals surface area contributed by atoms with E-state index in [0.29, 0.717) is 23.1 Å². The number of amides is 1. The highest BCUT2D eigenvalue weighted by Crippen LogP contribution is 2.36. The molecule has 1 fully saturated rings. The molecule has 4 nitrogen and oxygen atoms in total. The lowest BCUT2D eigenvalue weighted by atomic mass is 9.92. The lowest BCUT2D eigenvalue weighted by Crippen LogP contribution is -2.36. The normalized spacial score (nSPS) is 19.7. The molecular formula is C17H24Cl2N2O2. The number of likely N-dealkylation sites (tertiary alicyclic amines) is 1. The summed E-state index contributed by atoms with van der Waals surface area (Å²) < 4.78 is 5.45. The Kier molecular flexibility index (Phi) is 5.82. The molecule has 1 heterocycles. The first-order valence-corrected chi connectivity index (χ1v) is 8.57. The van der Waals surface area contributed by atoms with Gasteiger partial charge < -0.3 is 15.0 Å².